The Morgan fingerprint density at radius 2 is 2.18 bits per heavy atom. The van der Waals surface area contributed by atoms with Gasteiger partial charge in [0, 0.05) is 6.54 Å². The van der Waals surface area contributed by atoms with Gasteiger partial charge >= 0.3 is 0 Å². The molecule has 94 valence electrons. The molecule has 0 bridgehead atoms. The average molecular weight is 239 g/mol. The molecule has 0 saturated carbocycles. The number of rotatable bonds is 7. The third-order valence-corrected chi connectivity index (χ3v) is 2.28. The van der Waals surface area contributed by atoms with Gasteiger partial charge in [0.2, 0.25) is 5.91 Å². The van der Waals surface area contributed by atoms with Gasteiger partial charge in [-0.3, -0.25) is 4.79 Å². The monoisotopic (exact) mass is 239 g/mol. The van der Waals surface area contributed by atoms with E-state index in [0.717, 1.165) is 12.8 Å². The molecule has 17 heavy (non-hydrogen) atoms. The van der Waals surface area contributed by atoms with Gasteiger partial charge < -0.3 is 10.1 Å². The van der Waals surface area contributed by atoms with Crippen LogP contribution in [0.4, 0.5) is 4.39 Å². The summed E-state index contributed by atoms with van der Waals surface area (Å²) in [6.07, 6.45) is 2.27. The van der Waals surface area contributed by atoms with Crippen LogP contribution >= 0.6 is 0 Å². The second-order valence-corrected chi connectivity index (χ2v) is 3.73. The van der Waals surface area contributed by atoms with Gasteiger partial charge in [0.15, 0.2) is 11.6 Å². The van der Waals surface area contributed by atoms with Crippen molar-refractivity contribution in [2.45, 2.75) is 26.2 Å². The number of hydrogen-bond acceptors (Lipinski definition) is 2. The number of ether oxygens (including phenoxy) is 1. The molecule has 0 saturated heterocycles. The average Bonchev–Trinajstić information content (AvgIpc) is 2.32. The highest BCUT2D eigenvalue weighted by Gasteiger charge is 2.04. The number of nitrogens with one attached hydrogen (secondary N) is 1. The third-order valence-electron chi connectivity index (χ3n) is 2.28. The van der Waals surface area contributed by atoms with Crippen LogP contribution < -0.4 is 10.1 Å². The minimum Gasteiger partial charge on any atom is -0.490 e. The molecule has 0 aliphatic heterocycles. The third kappa shape index (κ3) is 5.33. The molecule has 1 amide bonds. The summed E-state index contributed by atoms with van der Waals surface area (Å²) in [5.74, 6) is -0.275. The Balaban J connectivity index is 2.19. The van der Waals surface area contributed by atoms with Crippen LogP contribution in [-0.2, 0) is 4.79 Å². The zero-order valence-corrected chi connectivity index (χ0v) is 10.0. The molecule has 0 heterocycles. The lowest BCUT2D eigenvalue weighted by Crippen LogP contribution is -2.25. The van der Waals surface area contributed by atoms with E-state index in [0.29, 0.717) is 6.54 Å². The fraction of sp³-hybridized carbons (Fsp3) is 0.462. The minimum absolute atomic E-state index is 0.0604. The zero-order valence-electron chi connectivity index (χ0n) is 10.0. The van der Waals surface area contributed by atoms with Gasteiger partial charge in [0.1, 0.15) is 0 Å². The highest BCUT2D eigenvalue weighted by Crippen LogP contribution is 2.15. The van der Waals surface area contributed by atoms with E-state index in [1.54, 1.807) is 18.2 Å². The summed E-state index contributed by atoms with van der Waals surface area (Å²) in [6.45, 7) is 2.95. The van der Waals surface area contributed by atoms with E-state index in [-0.39, 0.29) is 24.7 Å². The second-order valence-electron chi connectivity index (χ2n) is 3.73. The lowest BCUT2D eigenvalue weighted by Gasteiger charge is -2.07. The summed E-state index contributed by atoms with van der Waals surface area (Å²) in [5.41, 5.74) is 0. The zero-order chi connectivity index (χ0) is 12.5. The predicted molar refractivity (Wildman–Crippen MR) is 64.4 cm³/mol. The van der Waals surface area contributed by atoms with Crippen LogP contribution in [-0.4, -0.2) is 19.1 Å². The molecule has 4 heteroatoms. The van der Waals surface area contributed by atoms with Crippen molar-refractivity contribution < 1.29 is 13.9 Å². The molecule has 3 nitrogen and oxygen atoms in total. The van der Waals surface area contributed by atoms with Crippen LogP contribution in [0.15, 0.2) is 24.3 Å². The molecule has 0 aromatic heterocycles. The SMILES string of the molecule is CCCCNC(=O)CCOc1ccccc1F. The molecule has 1 aromatic carbocycles. The van der Waals surface area contributed by atoms with Crippen LogP contribution in [0, 0.1) is 5.82 Å². The van der Waals surface area contributed by atoms with Crippen molar-refractivity contribution in [3.05, 3.63) is 30.1 Å². The molecule has 0 unspecified atom stereocenters. The molecule has 1 N–H and O–H groups in total. The van der Waals surface area contributed by atoms with Crippen molar-refractivity contribution in [3.63, 3.8) is 0 Å². The van der Waals surface area contributed by atoms with E-state index in [1.165, 1.54) is 6.07 Å². The fourth-order valence-corrected chi connectivity index (χ4v) is 1.31. The summed E-state index contributed by atoms with van der Waals surface area (Å²) < 4.78 is 18.3. The number of para-hydroxylation sites is 1. The van der Waals surface area contributed by atoms with Crippen molar-refractivity contribution in [3.8, 4) is 5.75 Å². The summed E-state index contributed by atoms with van der Waals surface area (Å²) in [6, 6.07) is 6.17. The Morgan fingerprint density at radius 1 is 1.41 bits per heavy atom. The molecule has 1 aromatic rings. The first-order valence-corrected chi connectivity index (χ1v) is 5.88. The topological polar surface area (TPSA) is 38.3 Å². The van der Waals surface area contributed by atoms with E-state index in [9.17, 15) is 9.18 Å². The van der Waals surface area contributed by atoms with Gasteiger partial charge in [0.25, 0.3) is 0 Å². The standard InChI is InChI=1S/C13H18FNO2/c1-2-3-9-15-13(16)8-10-17-12-7-5-4-6-11(12)14/h4-7H,2-3,8-10H2,1H3,(H,15,16). The van der Waals surface area contributed by atoms with Gasteiger partial charge in [0.05, 0.1) is 13.0 Å². The maximum atomic E-state index is 13.1. The van der Waals surface area contributed by atoms with E-state index < -0.39 is 5.82 Å². The lowest BCUT2D eigenvalue weighted by atomic mass is 10.3. The van der Waals surface area contributed by atoms with E-state index in [2.05, 4.69) is 12.2 Å². The second kappa shape index (κ2) is 7.65. The first kappa shape index (κ1) is 13.5. The van der Waals surface area contributed by atoms with Gasteiger partial charge in [-0.2, -0.15) is 0 Å². The Morgan fingerprint density at radius 3 is 2.88 bits per heavy atom. The molecule has 1 rings (SSSR count). The fourth-order valence-electron chi connectivity index (χ4n) is 1.31. The van der Waals surface area contributed by atoms with E-state index >= 15 is 0 Å². The maximum Gasteiger partial charge on any atom is 0.223 e. The van der Waals surface area contributed by atoms with Crippen LogP contribution in [0.2, 0.25) is 0 Å². The highest BCUT2D eigenvalue weighted by molar-refractivity contribution is 5.75. The van der Waals surface area contributed by atoms with Crippen LogP contribution in [0.25, 0.3) is 0 Å². The number of carbonyl (C=O) groups is 1. The van der Waals surface area contributed by atoms with Crippen LogP contribution in [0.1, 0.15) is 26.2 Å². The van der Waals surface area contributed by atoms with Crippen LogP contribution in [0.3, 0.4) is 0 Å². The molecular formula is C13H18FNO2. The quantitative estimate of drug-likeness (QED) is 0.742. The summed E-state index contributed by atoms with van der Waals surface area (Å²) in [7, 11) is 0. The van der Waals surface area contributed by atoms with Crippen molar-refractivity contribution in [1.29, 1.82) is 0 Å². The maximum absolute atomic E-state index is 13.1. The van der Waals surface area contributed by atoms with Gasteiger partial charge in [-0.05, 0) is 18.6 Å². The number of unbranched alkanes of at least 4 members (excludes halogenated alkanes) is 1. The van der Waals surface area contributed by atoms with Gasteiger partial charge in [-0.25, -0.2) is 4.39 Å². The molecular weight excluding hydrogens is 221 g/mol. The van der Waals surface area contributed by atoms with Gasteiger partial charge in [-0.1, -0.05) is 25.5 Å². The molecule has 0 spiro atoms. The van der Waals surface area contributed by atoms with Crippen molar-refractivity contribution in [2.24, 2.45) is 0 Å². The Hall–Kier alpha value is -1.58. The summed E-state index contributed by atoms with van der Waals surface area (Å²) >= 11 is 0. The molecule has 0 fully saturated rings. The molecule has 0 atom stereocenters. The molecule has 0 aliphatic rings. The molecule has 0 radical (unpaired) electrons. The Bertz CT molecular complexity index is 355. The first-order chi connectivity index (χ1) is 8.24. The lowest BCUT2D eigenvalue weighted by molar-refractivity contribution is -0.121. The largest absolute Gasteiger partial charge is 0.490 e. The number of amides is 1. The van der Waals surface area contributed by atoms with Crippen molar-refractivity contribution in [1.82, 2.24) is 5.32 Å². The van der Waals surface area contributed by atoms with Gasteiger partial charge in [-0.15, -0.1) is 0 Å². The number of carbonyl (C=O) groups excluding carboxylic acids is 1. The van der Waals surface area contributed by atoms with E-state index in [1.807, 2.05) is 0 Å². The molecule has 0 aliphatic carbocycles. The Kier molecular flexibility index (Phi) is 6.07. The number of hydrogen-bond donors (Lipinski definition) is 1. The van der Waals surface area contributed by atoms with Crippen LogP contribution in [0.5, 0.6) is 5.75 Å². The van der Waals surface area contributed by atoms with Crippen molar-refractivity contribution >= 4 is 5.91 Å². The Labute approximate surface area is 101 Å². The first-order valence-electron chi connectivity index (χ1n) is 5.88. The van der Waals surface area contributed by atoms with E-state index in [4.69, 9.17) is 4.74 Å². The number of halogens is 1. The minimum atomic E-state index is -0.404. The normalized spacial score (nSPS) is 10.0. The smallest absolute Gasteiger partial charge is 0.223 e. The summed E-state index contributed by atoms with van der Waals surface area (Å²) in [4.78, 5) is 11.3. The van der Waals surface area contributed by atoms with Crippen molar-refractivity contribution in [2.75, 3.05) is 13.2 Å². The number of benzene rings is 1. The summed E-state index contributed by atoms with van der Waals surface area (Å²) in [5, 5.41) is 2.77. The predicted octanol–water partition coefficient (Wildman–Crippen LogP) is 2.51. The highest BCUT2D eigenvalue weighted by atomic mass is 19.1.